The molecule has 5 heteroatoms. The van der Waals surface area contributed by atoms with Gasteiger partial charge in [0.25, 0.3) is 5.91 Å². The highest BCUT2D eigenvalue weighted by molar-refractivity contribution is 5.94. The largest absolute Gasteiger partial charge is 0.388 e. The third kappa shape index (κ3) is 3.35. The minimum atomic E-state index is -0.705. The van der Waals surface area contributed by atoms with Crippen LogP contribution in [0.1, 0.15) is 34.3 Å². The smallest absolute Gasteiger partial charge is 0.253 e. The van der Waals surface area contributed by atoms with Crippen molar-refractivity contribution in [3.63, 3.8) is 0 Å². The Balaban J connectivity index is 1.29. The molecule has 158 valence electrons. The number of likely N-dealkylation sites (tertiary alicyclic amines) is 1. The Kier molecular flexibility index (Phi) is 4.92. The van der Waals surface area contributed by atoms with Crippen molar-refractivity contribution in [3.05, 3.63) is 71.3 Å². The standard InChI is InChI=1S/C25H30N2O3/c1-30-25(26-23(28)18-7-3-2-4-8-18)21-11-12-22(25)16-27(15-21)17-24(29)13-19-9-5-6-10-20(19)14-24/h2-10,21-22,29H,11-17H2,1H3,(H,26,28). The van der Waals surface area contributed by atoms with Gasteiger partial charge in [-0.15, -0.1) is 0 Å². The second-order valence-corrected chi connectivity index (χ2v) is 9.33. The van der Waals surface area contributed by atoms with Gasteiger partial charge in [-0.1, -0.05) is 42.5 Å². The van der Waals surface area contributed by atoms with Crippen LogP contribution >= 0.6 is 0 Å². The predicted molar refractivity (Wildman–Crippen MR) is 115 cm³/mol. The van der Waals surface area contributed by atoms with Crippen molar-refractivity contribution in [3.8, 4) is 0 Å². The number of aliphatic hydroxyl groups is 1. The van der Waals surface area contributed by atoms with E-state index in [4.69, 9.17) is 4.74 Å². The molecule has 1 aliphatic heterocycles. The van der Waals surface area contributed by atoms with Crippen LogP contribution in [0.25, 0.3) is 0 Å². The van der Waals surface area contributed by atoms with E-state index in [1.165, 1.54) is 11.1 Å². The van der Waals surface area contributed by atoms with E-state index in [9.17, 15) is 9.90 Å². The fourth-order valence-electron chi connectivity index (χ4n) is 6.07. The topological polar surface area (TPSA) is 61.8 Å². The normalized spacial score (nSPS) is 29.5. The van der Waals surface area contributed by atoms with Gasteiger partial charge in [-0.05, 0) is 36.1 Å². The molecule has 5 nitrogen and oxygen atoms in total. The molecule has 2 aliphatic carbocycles. The zero-order chi connectivity index (χ0) is 20.8. The molecule has 2 aromatic carbocycles. The molecule has 1 heterocycles. The maximum atomic E-state index is 12.9. The second-order valence-electron chi connectivity index (χ2n) is 9.33. The van der Waals surface area contributed by atoms with Crippen molar-refractivity contribution < 1.29 is 14.6 Å². The van der Waals surface area contributed by atoms with Gasteiger partial charge in [-0.3, -0.25) is 9.69 Å². The summed E-state index contributed by atoms with van der Waals surface area (Å²) in [4.78, 5) is 15.3. The number of piperidine rings is 1. The highest BCUT2D eigenvalue weighted by Crippen LogP contribution is 2.46. The van der Waals surface area contributed by atoms with E-state index in [1.54, 1.807) is 7.11 Å². The minimum Gasteiger partial charge on any atom is -0.388 e. The van der Waals surface area contributed by atoms with Crippen LogP contribution in [0.2, 0.25) is 0 Å². The Hall–Kier alpha value is -2.21. The molecule has 0 radical (unpaired) electrons. The molecular weight excluding hydrogens is 376 g/mol. The number of methoxy groups -OCH3 is 1. The number of nitrogens with one attached hydrogen (secondary N) is 1. The summed E-state index contributed by atoms with van der Waals surface area (Å²) in [5, 5.41) is 14.5. The van der Waals surface area contributed by atoms with Gasteiger partial charge in [0.2, 0.25) is 0 Å². The first-order valence-electron chi connectivity index (χ1n) is 11.0. The number of ether oxygens (including phenoxy) is 1. The molecule has 2 aromatic rings. The molecule has 5 rings (SSSR count). The molecule has 2 fully saturated rings. The van der Waals surface area contributed by atoms with Crippen LogP contribution in [0.4, 0.5) is 0 Å². The summed E-state index contributed by atoms with van der Waals surface area (Å²) in [5.74, 6) is 0.371. The SMILES string of the molecule is COC1(NC(=O)c2ccccc2)C2CCC1CN(CC1(O)Cc3ccccc3C1)C2. The van der Waals surface area contributed by atoms with Gasteiger partial charge >= 0.3 is 0 Å². The van der Waals surface area contributed by atoms with Gasteiger partial charge in [0.15, 0.2) is 0 Å². The molecule has 2 atom stereocenters. The van der Waals surface area contributed by atoms with E-state index >= 15 is 0 Å². The van der Waals surface area contributed by atoms with Gasteiger partial charge in [-0.25, -0.2) is 0 Å². The molecule has 2 bridgehead atoms. The van der Waals surface area contributed by atoms with E-state index in [1.807, 2.05) is 42.5 Å². The second kappa shape index (κ2) is 7.49. The van der Waals surface area contributed by atoms with Crippen LogP contribution in [-0.4, -0.2) is 54.0 Å². The molecule has 1 saturated carbocycles. The Morgan fingerprint density at radius 2 is 1.60 bits per heavy atom. The van der Waals surface area contributed by atoms with Gasteiger partial charge in [0.1, 0.15) is 5.72 Å². The highest BCUT2D eigenvalue weighted by Gasteiger charge is 2.56. The molecule has 3 aliphatic rings. The zero-order valence-corrected chi connectivity index (χ0v) is 17.5. The summed E-state index contributed by atoms with van der Waals surface area (Å²) >= 11 is 0. The minimum absolute atomic E-state index is 0.0762. The maximum absolute atomic E-state index is 12.9. The number of fused-ring (bicyclic) bond motifs is 3. The van der Waals surface area contributed by atoms with Crippen molar-refractivity contribution in [2.45, 2.75) is 37.0 Å². The van der Waals surface area contributed by atoms with Gasteiger partial charge < -0.3 is 15.2 Å². The number of hydrogen-bond donors (Lipinski definition) is 2. The summed E-state index contributed by atoms with van der Waals surface area (Å²) in [5.41, 5.74) is 1.87. The van der Waals surface area contributed by atoms with E-state index < -0.39 is 11.3 Å². The van der Waals surface area contributed by atoms with Crippen molar-refractivity contribution in [1.82, 2.24) is 10.2 Å². The summed E-state index contributed by atoms with van der Waals surface area (Å²) in [6.07, 6.45) is 3.50. The number of carbonyl (C=O) groups is 1. The first-order valence-corrected chi connectivity index (χ1v) is 11.0. The number of β-amino-alcohol motifs (C(OH)–C–C–N with tert-alkyl or cyclic N) is 1. The number of hydrogen-bond acceptors (Lipinski definition) is 4. The number of carbonyl (C=O) groups excluding carboxylic acids is 1. The Labute approximate surface area is 178 Å². The Morgan fingerprint density at radius 3 is 2.17 bits per heavy atom. The zero-order valence-electron chi connectivity index (χ0n) is 17.5. The first-order chi connectivity index (χ1) is 14.5. The number of rotatable bonds is 5. The quantitative estimate of drug-likeness (QED) is 0.750. The summed E-state index contributed by atoms with van der Waals surface area (Å²) < 4.78 is 6.03. The number of amides is 1. The molecule has 0 spiro atoms. The van der Waals surface area contributed by atoms with E-state index in [-0.39, 0.29) is 17.7 Å². The van der Waals surface area contributed by atoms with Crippen LogP contribution in [0.15, 0.2) is 54.6 Å². The Bertz CT molecular complexity index is 890. The van der Waals surface area contributed by atoms with Gasteiger partial charge in [0.05, 0.1) is 5.60 Å². The van der Waals surface area contributed by atoms with Crippen molar-refractivity contribution in [2.75, 3.05) is 26.7 Å². The van der Waals surface area contributed by atoms with Crippen LogP contribution < -0.4 is 5.32 Å². The predicted octanol–water partition coefficient (Wildman–Crippen LogP) is 2.63. The number of nitrogens with zero attached hydrogens (tertiary/aromatic N) is 1. The third-order valence-electron chi connectivity index (χ3n) is 7.39. The molecule has 1 amide bonds. The molecular formula is C25H30N2O3. The molecule has 30 heavy (non-hydrogen) atoms. The Morgan fingerprint density at radius 1 is 1.03 bits per heavy atom. The molecule has 2 N–H and O–H groups in total. The van der Waals surface area contributed by atoms with Crippen LogP contribution in [-0.2, 0) is 17.6 Å². The fraction of sp³-hybridized carbons (Fsp3) is 0.480. The molecule has 2 unspecified atom stereocenters. The van der Waals surface area contributed by atoms with Crippen molar-refractivity contribution in [2.24, 2.45) is 11.8 Å². The van der Waals surface area contributed by atoms with Crippen molar-refractivity contribution >= 4 is 5.91 Å². The molecule has 1 saturated heterocycles. The average Bonchev–Trinajstić information content (AvgIpc) is 3.16. The number of benzene rings is 2. The lowest BCUT2D eigenvalue weighted by Gasteiger charge is -2.48. The van der Waals surface area contributed by atoms with Gasteiger partial charge in [-0.2, -0.15) is 0 Å². The van der Waals surface area contributed by atoms with E-state index in [2.05, 4.69) is 22.3 Å². The molecule has 0 aromatic heterocycles. The van der Waals surface area contributed by atoms with Crippen LogP contribution in [0.3, 0.4) is 0 Å². The van der Waals surface area contributed by atoms with Gasteiger partial charge in [0, 0.05) is 57.0 Å². The lowest BCUT2D eigenvalue weighted by Crippen LogP contribution is -2.65. The fourth-order valence-corrected chi connectivity index (χ4v) is 6.07. The van der Waals surface area contributed by atoms with E-state index in [0.29, 0.717) is 12.1 Å². The third-order valence-corrected chi connectivity index (χ3v) is 7.39. The first kappa shape index (κ1) is 19.7. The van der Waals surface area contributed by atoms with Crippen LogP contribution in [0, 0.1) is 11.8 Å². The van der Waals surface area contributed by atoms with Crippen LogP contribution in [0.5, 0.6) is 0 Å². The van der Waals surface area contributed by atoms with Crippen molar-refractivity contribution in [1.29, 1.82) is 0 Å². The van der Waals surface area contributed by atoms with E-state index in [0.717, 1.165) is 38.8 Å². The monoisotopic (exact) mass is 406 g/mol. The summed E-state index contributed by atoms with van der Waals surface area (Å²) in [7, 11) is 1.72. The summed E-state index contributed by atoms with van der Waals surface area (Å²) in [6.45, 7) is 2.33. The maximum Gasteiger partial charge on any atom is 0.253 e. The highest BCUT2D eigenvalue weighted by atomic mass is 16.5. The lowest BCUT2D eigenvalue weighted by atomic mass is 9.86. The lowest BCUT2D eigenvalue weighted by molar-refractivity contribution is -0.135. The summed E-state index contributed by atoms with van der Waals surface area (Å²) in [6, 6.07) is 17.7. The average molecular weight is 407 g/mol.